The maximum absolute atomic E-state index is 12.6. The lowest BCUT2D eigenvalue weighted by molar-refractivity contribution is -0.127. The third kappa shape index (κ3) is 5.56. The van der Waals surface area contributed by atoms with Gasteiger partial charge in [0.05, 0.1) is 18.5 Å². The molecule has 1 aromatic rings. The Morgan fingerprint density at radius 2 is 1.77 bits per heavy atom. The molecule has 2 rings (SSSR count). The molecule has 0 aromatic heterocycles. The van der Waals surface area contributed by atoms with E-state index in [1.165, 1.54) is 5.56 Å². The van der Waals surface area contributed by atoms with Gasteiger partial charge in [0.25, 0.3) is 0 Å². The molecule has 1 heterocycles. The quantitative estimate of drug-likeness (QED) is 0.786. The first kappa shape index (κ1) is 20.4. The average Bonchev–Trinajstić information content (AvgIpc) is 2.59. The Bertz CT molecular complexity index is 610. The lowest BCUT2D eigenvalue weighted by Gasteiger charge is -2.31. The number of carbonyl (C=O) groups excluding carboxylic acids is 2. The molecule has 0 spiro atoms. The summed E-state index contributed by atoms with van der Waals surface area (Å²) in [5, 5.41) is 3.18. The number of hydrogen-bond acceptors (Lipinski definition) is 3. The number of hydrogen-bond donors (Lipinski definition) is 2. The highest BCUT2D eigenvalue weighted by molar-refractivity contribution is 5.79. The van der Waals surface area contributed by atoms with Gasteiger partial charge in [0, 0.05) is 6.54 Å². The van der Waals surface area contributed by atoms with E-state index in [4.69, 9.17) is 5.73 Å². The predicted octanol–water partition coefficient (Wildman–Crippen LogP) is 2.82. The second-order valence-electron chi connectivity index (χ2n) is 8.09. The van der Waals surface area contributed by atoms with Gasteiger partial charge in [-0.1, -0.05) is 52.0 Å². The van der Waals surface area contributed by atoms with Gasteiger partial charge in [0.15, 0.2) is 0 Å². The highest BCUT2D eigenvalue weighted by Crippen LogP contribution is 2.24. The second kappa shape index (κ2) is 9.17. The van der Waals surface area contributed by atoms with E-state index in [0.717, 1.165) is 24.9 Å². The molecule has 1 saturated heterocycles. The van der Waals surface area contributed by atoms with Crippen molar-refractivity contribution in [3.05, 3.63) is 35.4 Å². The lowest BCUT2D eigenvalue weighted by Crippen LogP contribution is -2.46. The van der Waals surface area contributed by atoms with Gasteiger partial charge in [-0.25, -0.2) is 0 Å². The lowest BCUT2D eigenvalue weighted by atomic mass is 9.93. The summed E-state index contributed by atoms with van der Waals surface area (Å²) in [5.74, 6) is 0.389. The van der Waals surface area contributed by atoms with Gasteiger partial charge in [0.1, 0.15) is 0 Å². The highest BCUT2D eigenvalue weighted by atomic mass is 16.2. The SMILES string of the molecule is CC(C)c1ccc([C@@H](NC(=O)CN2CCC[C@H](C(N)=O)C2)C(C)C)cc1. The van der Waals surface area contributed by atoms with Gasteiger partial charge in [-0.3, -0.25) is 14.5 Å². The van der Waals surface area contributed by atoms with Crippen molar-refractivity contribution in [2.24, 2.45) is 17.6 Å². The van der Waals surface area contributed by atoms with Crippen molar-refractivity contribution in [3.63, 3.8) is 0 Å². The van der Waals surface area contributed by atoms with Crippen LogP contribution in [0.4, 0.5) is 0 Å². The van der Waals surface area contributed by atoms with Crippen LogP contribution in [0, 0.1) is 11.8 Å². The molecule has 1 aliphatic rings. The summed E-state index contributed by atoms with van der Waals surface area (Å²) < 4.78 is 0. The van der Waals surface area contributed by atoms with Crippen molar-refractivity contribution in [1.82, 2.24) is 10.2 Å². The zero-order valence-corrected chi connectivity index (χ0v) is 16.5. The third-order valence-corrected chi connectivity index (χ3v) is 5.22. The summed E-state index contributed by atoms with van der Waals surface area (Å²) in [4.78, 5) is 26.0. The van der Waals surface area contributed by atoms with Crippen LogP contribution in [0.5, 0.6) is 0 Å². The van der Waals surface area contributed by atoms with Crippen molar-refractivity contribution in [2.75, 3.05) is 19.6 Å². The minimum atomic E-state index is -0.264. The molecule has 5 heteroatoms. The number of primary amides is 1. The van der Waals surface area contributed by atoms with Crippen LogP contribution in [0.3, 0.4) is 0 Å². The summed E-state index contributed by atoms with van der Waals surface area (Å²) in [6.07, 6.45) is 1.73. The van der Waals surface area contributed by atoms with Gasteiger partial charge < -0.3 is 11.1 Å². The molecule has 1 aliphatic heterocycles. The van der Waals surface area contributed by atoms with E-state index in [0.29, 0.717) is 24.9 Å². The summed E-state index contributed by atoms with van der Waals surface area (Å²) in [5.41, 5.74) is 7.85. The molecule has 1 fully saturated rings. The van der Waals surface area contributed by atoms with Gasteiger partial charge in [-0.2, -0.15) is 0 Å². The first-order chi connectivity index (χ1) is 12.3. The summed E-state index contributed by atoms with van der Waals surface area (Å²) >= 11 is 0. The molecule has 1 aromatic carbocycles. The molecule has 0 saturated carbocycles. The van der Waals surface area contributed by atoms with E-state index in [-0.39, 0.29) is 23.8 Å². The topological polar surface area (TPSA) is 75.4 Å². The molecule has 0 radical (unpaired) electrons. The number of nitrogens with zero attached hydrogens (tertiary/aromatic N) is 1. The van der Waals surface area contributed by atoms with Crippen molar-refractivity contribution < 1.29 is 9.59 Å². The molecule has 2 amide bonds. The number of carbonyl (C=O) groups is 2. The minimum absolute atomic E-state index is 0.00163. The fourth-order valence-corrected chi connectivity index (χ4v) is 3.58. The monoisotopic (exact) mass is 359 g/mol. The number of benzene rings is 1. The Hall–Kier alpha value is -1.88. The number of nitrogens with one attached hydrogen (secondary N) is 1. The van der Waals surface area contributed by atoms with Crippen molar-refractivity contribution in [2.45, 2.75) is 52.5 Å². The standard InChI is InChI=1S/C21H33N3O2/c1-14(2)16-7-9-17(10-8-16)20(15(3)4)23-19(25)13-24-11-5-6-18(12-24)21(22)26/h7-10,14-15,18,20H,5-6,11-13H2,1-4H3,(H2,22,26)(H,23,25)/t18-,20-/m0/s1. The van der Waals surface area contributed by atoms with Crippen LogP contribution in [0.1, 0.15) is 63.6 Å². The van der Waals surface area contributed by atoms with Crippen LogP contribution in [0.2, 0.25) is 0 Å². The normalized spacial score (nSPS) is 19.5. The third-order valence-electron chi connectivity index (χ3n) is 5.22. The van der Waals surface area contributed by atoms with E-state index in [1.54, 1.807) is 0 Å². The van der Waals surface area contributed by atoms with Crippen molar-refractivity contribution in [1.29, 1.82) is 0 Å². The fourth-order valence-electron chi connectivity index (χ4n) is 3.58. The van der Waals surface area contributed by atoms with E-state index < -0.39 is 0 Å². The van der Waals surface area contributed by atoms with Crippen LogP contribution < -0.4 is 11.1 Å². The number of nitrogens with two attached hydrogens (primary N) is 1. The second-order valence-corrected chi connectivity index (χ2v) is 8.09. The number of amides is 2. The van der Waals surface area contributed by atoms with Crippen molar-refractivity contribution in [3.8, 4) is 0 Å². The Kier molecular flexibility index (Phi) is 7.21. The Morgan fingerprint density at radius 3 is 2.31 bits per heavy atom. The molecule has 5 nitrogen and oxygen atoms in total. The molecule has 3 N–H and O–H groups in total. The molecule has 2 atom stereocenters. The molecule has 26 heavy (non-hydrogen) atoms. The Labute approximate surface area is 157 Å². The average molecular weight is 360 g/mol. The van der Waals surface area contributed by atoms with Crippen LogP contribution in [0.15, 0.2) is 24.3 Å². The van der Waals surface area contributed by atoms with Crippen LogP contribution in [0.25, 0.3) is 0 Å². The zero-order chi connectivity index (χ0) is 19.3. The number of likely N-dealkylation sites (tertiary alicyclic amines) is 1. The zero-order valence-electron chi connectivity index (χ0n) is 16.5. The molecular weight excluding hydrogens is 326 g/mol. The highest BCUT2D eigenvalue weighted by Gasteiger charge is 2.26. The first-order valence-corrected chi connectivity index (χ1v) is 9.68. The predicted molar refractivity (Wildman–Crippen MR) is 105 cm³/mol. The van der Waals surface area contributed by atoms with E-state index in [2.05, 4.69) is 57.3 Å². The van der Waals surface area contributed by atoms with Crippen molar-refractivity contribution >= 4 is 11.8 Å². The maximum Gasteiger partial charge on any atom is 0.234 e. The largest absolute Gasteiger partial charge is 0.369 e. The molecule has 0 bridgehead atoms. The van der Waals surface area contributed by atoms with Crippen LogP contribution >= 0.6 is 0 Å². The first-order valence-electron chi connectivity index (χ1n) is 9.68. The van der Waals surface area contributed by atoms with Crippen LogP contribution in [-0.2, 0) is 9.59 Å². The fraction of sp³-hybridized carbons (Fsp3) is 0.619. The number of rotatable bonds is 7. The molecule has 144 valence electrons. The molecular formula is C21H33N3O2. The molecule has 0 unspecified atom stereocenters. The Morgan fingerprint density at radius 1 is 1.15 bits per heavy atom. The van der Waals surface area contributed by atoms with E-state index in [9.17, 15) is 9.59 Å². The maximum atomic E-state index is 12.6. The minimum Gasteiger partial charge on any atom is -0.369 e. The Balaban J connectivity index is 1.98. The van der Waals surface area contributed by atoms with E-state index in [1.807, 2.05) is 4.90 Å². The summed E-state index contributed by atoms with van der Waals surface area (Å²) in [7, 11) is 0. The number of piperidine rings is 1. The van der Waals surface area contributed by atoms with Gasteiger partial charge in [-0.05, 0) is 42.3 Å². The van der Waals surface area contributed by atoms with Gasteiger partial charge in [-0.15, -0.1) is 0 Å². The summed E-state index contributed by atoms with van der Waals surface area (Å²) in [6.45, 7) is 10.3. The smallest absolute Gasteiger partial charge is 0.234 e. The summed E-state index contributed by atoms with van der Waals surface area (Å²) in [6, 6.07) is 8.50. The van der Waals surface area contributed by atoms with Gasteiger partial charge in [0.2, 0.25) is 11.8 Å². The van der Waals surface area contributed by atoms with Crippen LogP contribution in [-0.4, -0.2) is 36.3 Å². The molecule has 0 aliphatic carbocycles. The van der Waals surface area contributed by atoms with E-state index >= 15 is 0 Å². The van der Waals surface area contributed by atoms with Gasteiger partial charge >= 0.3 is 0 Å².